The molecule has 25 heavy (non-hydrogen) atoms. The number of ether oxygens (including phenoxy) is 1. The van der Waals surface area contributed by atoms with Crippen LogP contribution in [0.15, 0.2) is 72.8 Å². The first-order chi connectivity index (χ1) is 12.3. The lowest BCUT2D eigenvalue weighted by atomic mass is 9.87. The number of anilines is 1. The highest BCUT2D eigenvalue weighted by Gasteiger charge is 2.30. The van der Waals surface area contributed by atoms with Gasteiger partial charge < -0.3 is 9.64 Å². The summed E-state index contributed by atoms with van der Waals surface area (Å²) >= 11 is 0. The summed E-state index contributed by atoms with van der Waals surface area (Å²) < 4.78 is 20.0. The Morgan fingerprint density at radius 2 is 1.68 bits per heavy atom. The molecule has 1 heterocycles. The quantitative estimate of drug-likeness (QED) is 0.670. The molecule has 1 atom stereocenters. The van der Waals surface area contributed by atoms with Crippen LogP contribution in [0, 0.1) is 5.82 Å². The predicted octanol–water partition coefficient (Wildman–Crippen LogP) is 4.99. The molecule has 0 amide bonds. The SMILES string of the molecule is COc1ccc2c(c1)CCN(c1ccccc1)C2c1ccccc1F. The second-order valence-corrected chi connectivity index (χ2v) is 6.27. The fraction of sp³-hybridized carbons (Fsp3) is 0.182. The third-order valence-electron chi connectivity index (χ3n) is 4.87. The third kappa shape index (κ3) is 2.86. The number of hydrogen-bond acceptors (Lipinski definition) is 2. The summed E-state index contributed by atoms with van der Waals surface area (Å²) in [7, 11) is 1.68. The maximum Gasteiger partial charge on any atom is 0.128 e. The average molecular weight is 333 g/mol. The molecule has 3 aromatic carbocycles. The molecule has 3 heteroatoms. The van der Waals surface area contributed by atoms with Crippen LogP contribution in [0.5, 0.6) is 5.75 Å². The average Bonchev–Trinajstić information content (AvgIpc) is 2.68. The lowest BCUT2D eigenvalue weighted by molar-refractivity contribution is 0.413. The van der Waals surface area contributed by atoms with Crippen LogP contribution < -0.4 is 9.64 Å². The molecule has 0 spiro atoms. The van der Waals surface area contributed by atoms with Gasteiger partial charge in [-0.05, 0) is 47.9 Å². The van der Waals surface area contributed by atoms with Gasteiger partial charge in [-0.25, -0.2) is 4.39 Å². The second kappa shape index (κ2) is 6.60. The van der Waals surface area contributed by atoms with Crippen molar-refractivity contribution in [1.29, 1.82) is 0 Å². The van der Waals surface area contributed by atoms with Crippen molar-refractivity contribution in [3.63, 3.8) is 0 Å². The molecule has 1 aliphatic rings. The Bertz CT molecular complexity index is 878. The number of nitrogens with zero attached hydrogens (tertiary/aromatic N) is 1. The monoisotopic (exact) mass is 333 g/mol. The summed E-state index contributed by atoms with van der Waals surface area (Å²) in [5.41, 5.74) is 4.18. The zero-order valence-electron chi connectivity index (χ0n) is 14.2. The van der Waals surface area contributed by atoms with Crippen LogP contribution in [0.4, 0.5) is 10.1 Å². The van der Waals surface area contributed by atoms with Crippen molar-refractivity contribution in [1.82, 2.24) is 0 Å². The van der Waals surface area contributed by atoms with Crippen molar-refractivity contribution in [2.45, 2.75) is 12.5 Å². The largest absolute Gasteiger partial charge is 0.497 e. The van der Waals surface area contributed by atoms with Crippen LogP contribution in [0.3, 0.4) is 0 Å². The van der Waals surface area contributed by atoms with Crippen LogP contribution in [0.2, 0.25) is 0 Å². The molecule has 3 aromatic rings. The third-order valence-corrected chi connectivity index (χ3v) is 4.87. The van der Waals surface area contributed by atoms with Gasteiger partial charge in [0.05, 0.1) is 13.2 Å². The van der Waals surface area contributed by atoms with Gasteiger partial charge in [0.1, 0.15) is 11.6 Å². The second-order valence-electron chi connectivity index (χ2n) is 6.27. The lowest BCUT2D eigenvalue weighted by Crippen LogP contribution is -2.36. The van der Waals surface area contributed by atoms with E-state index in [2.05, 4.69) is 29.2 Å². The van der Waals surface area contributed by atoms with Crippen LogP contribution in [0.1, 0.15) is 22.7 Å². The summed E-state index contributed by atoms with van der Waals surface area (Å²) in [6.45, 7) is 0.836. The molecule has 0 N–H and O–H groups in total. The highest BCUT2D eigenvalue weighted by Crippen LogP contribution is 2.40. The van der Waals surface area contributed by atoms with E-state index in [-0.39, 0.29) is 11.9 Å². The smallest absolute Gasteiger partial charge is 0.128 e. The Morgan fingerprint density at radius 3 is 2.44 bits per heavy atom. The van der Waals surface area contributed by atoms with E-state index in [0.717, 1.165) is 30.0 Å². The van der Waals surface area contributed by atoms with Crippen molar-refractivity contribution in [3.8, 4) is 5.75 Å². The molecule has 1 unspecified atom stereocenters. The highest BCUT2D eigenvalue weighted by molar-refractivity contribution is 5.56. The molecular formula is C22H20FNO. The van der Waals surface area contributed by atoms with E-state index >= 15 is 0 Å². The normalized spacial score (nSPS) is 16.4. The topological polar surface area (TPSA) is 12.5 Å². The Morgan fingerprint density at radius 1 is 0.920 bits per heavy atom. The van der Waals surface area contributed by atoms with E-state index in [1.165, 1.54) is 11.6 Å². The minimum absolute atomic E-state index is 0.141. The van der Waals surface area contributed by atoms with Gasteiger partial charge in [0.15, 0.2) is 0 Å². The zero-order chi connectivity index (χ0) is 17.2. The number of fused-ring (bicyclic) bond motifs is 1. The maximum atomic E-state index is 14.7. The summed E-state index contributed by atoms with van der Waals surface area (Å²) in [6.07, 6.45) is 0.909. The molecule has 0 saturated carbocycles. The Kier molecular flexibility index (Phi) is 4.14. The molecule has 1 aliphatic heterocycles. The minimum Gasteiger partial charge on any atom is -0.497 e. The number of halogens is 1. The van der Waals surface area contributed by atoms with Gasteiger partial charge in [-0.3, -0.25) is 0 Å². The first-order valence-corrected chi connectivity index (χ1v) is 8.51. The Labute approximate surface area is 147 Å². The molecular weight excluding hydrogens is 313 g/mol. The molecule has 0 aromatic heterocycles. The van der Waals surface area contributed by atoms with Crippen molar-refractivity contribution >= 4 is 5.69 Å². The molecule has 2 nitrogen and oxygen atoms in total. The summed E-state index contributed by atoms with van der Waals surface area (Å²) in [4.78, 5) is 2.28. The van der Waals surface area contributed by atoms with Crippen molar-refractivity contribution in [2.24, 2.45) is 0 Å². The van der Waals surface area contributed by atoms with Crippen molar-refractivity contribution < 1.29 is 9.13 Å². The standard InChI is InChI=1S/C22H20FNO/c1-25-18-11-12-19-16(15-18)13-14-24(17-7-3-2-4-8-17)22(19)20-9-5-6-10-21(20)23/h2-12,15,22H,13-14H2,1H3. The molecule has 0 bridgehead atoms. The maximum absolute atomic E-state index is 14.7. The Balaban J connectivity index is 1.88. The van der Waals surface area contributed by atoms with Gasteiger partial charge in [-0.2, -0.15) is 0 Å². The van der Waals surface area contributed by atoms with E-state index in [1.807, 2.05) is 36.4 Å². The number of methoxy groups -OCH3 is 1. The fourth-order valence-electron chi connectivity index (χ4n) is 3.66. The molecule has 0 fully saturated rings. The number of para-hydroxylation sites is 1. The Hall–Kier alpha value is -2.81. The number of hydrogen-bond donors (Lipinski definition) is 0. The van der Waals surface area contributed by atoms with Gasteiger partial charge in [0, 0.05) is 17.8 Å². The molecule has 0 saturated heterocycles. The van der Waals surface area contributed by atoms with Crippen LogP contribution in [0.25, 0.3) is 0 Å². The van der Waals surface area contributed by atoms with Crippen LogP contribution >= 0.6 is 0 Å². The molecule has 0 radical (unpaired) electrons. The zero-order valence-corrected chi connectivity index (χ0v) is 14.2. The molecule has 126 valence electrons. The van der Waals surface area contributed by atoms with E-state index in [1.54, 1.807) is 13.2 Å². The first-order valence-electron chi connectivity index (χ1n) is 8.51. The minimum atomic E-state index is -0.169. The lowest BCUT2D eigenvalue weighted by Gasteiger charge is -2.39. The van der Waals surface area contributed by atoms with E-state index in [0.29, 0.717) is 5.56 Å². The van der Waals surface area contributed by atoms with Gasteiger partial charge in [0.2, 0.25) is 0 Å². The number of benzene rings is 3. The van der Waals surface area contributed by atoms with Crippen molar-refractivity contribution in [3.05, 3.63) is 95.3 Å². The summed E-state index contributed by atoms with van der Waals surface area (Å²) in [6, 6.07) is 23.3. The van der Waals surface area contributed by atoms with Crippen molar-refractivity contribution in [2.75, 3.05) is 18.6 Å². The summed E-state index contributed by atoms with van der Waals surface area (Å²) in [5.74, 6) is 0.677. The van der Waals surface area contributed by atoms with Crippen LogP contribution in [-0.4, -0.2) is 13.7 Å². The fourth-order valence-corrected chi connectivity index (χ4v) is 3.66. The highest BCUT2D eigenvalue weighted by atomic mass is 19.1. The van der Waals surface area contributed by atoms with E-state index in [4.69, 9.17) is 4.74 Å². The van der Waals surface area contributed by atoms with Crippen LogP contribution in [-0.2, 0) is 6.42 Å². The first kappa shape index (κ1) is 15.7. The summed E-state index contributed by atoms with van der Waals surface area (Å²) in [5, 5.41) is 0. The van der Waals surface area contributed by atoms with Gasteiger partial charge >= 0.3 is 0 Å². The number of rotatable bonds is 3. The van der Waals surface area contributed by atoms with Gasteiger partial charge in [-0.15, -0.1) is 0 Å². The molecule has 0 aliphatic carbocycles. The van der Waals surface area contributed by atoms with E-state index in [9.17, 15) is 4.39 Å². The predicted molar refractivity (Wildman–Crippen MR) is 98.7 cm³/mol. The van der Waals surface area contributed by atoms with Gasteiger partial charge in [0.25, 0.3) is 0 Å². The van der Waals surface area contributed by atoms with E-state index < -0.39 is 0 Å². The van der Waals surface area contributed by atoms with Gasteiger partial charge in [-0.1, -0.05) is 42.5 Å². The molecule has 4 rings (SSSR count).